The van der Waals surface area contributed by atoms with E-state index in [-0.39, 0.29) is 17.9 Å². The van der Waals surface area contributed by atoms with Gasteiger partial charge in [-0.3, -0.25) is 4.79 Å². The second-order valence-electron chi connectivity index (χ2n) is 5.52. The molecule has 1 aromatic carbocycles. The van der Waals surface area contributed by atoms with Crippen LogP contribution in [0.3, 0.4) is 0 Å². The van der Waals surface area contributed by atoms with Crippen LogP contribution in [0.2, 0.25) is 0 Å². The maximum Gasteiger partial charge on any atom is 0.160 e. The predicted molar refractivity (Wildman–Crippen MR) is 87.3 cm³/mol. The number of aliphatic hydroxyl groups excluding tert-OH is 1. The second kappa shape index (κ2) is 5.58. The summed E-state index contributed by atoms with van der Waals surface area (Å²) in [5.74, 6) is 0.149. The van der Waals surface area contributed by atoms with Crippen molar-refractivity contribution in [2.24, 2.45) is 0 Å². The van der Waals surface area contributed by atoms with Crippen LogP contribution in [0.1, 0.15) is 31.7 Å². The highest BCUT2D eigenvalue weighted by Gasteiger charge is 2.42. The SMILES string of the molecule is CCC(=O)C1=C(c2ccc(I)cc2)CC2CC(O)[C@H]1N2. The molecule has 1 saturated heterocycles. The van der Waals surface area contributed by atoms with Crippen LogP contribution in [0.4, 0.5) is 0 Å². The fourth-order valence-corrected chi connectivity index (χ4v) is 3.64. The minimum atomic E-state index is -0.438. The molecule has 3 rings (SSSR count). The van der Waals surface area contributed by atoms with Gasteiger partial charge in [0.05, 0.1) is 12.1 Å². The molecule has 3 atom stereocenters. The Kier molecular flexibility index (Phi) is 3.97. The Labute approximate surface area is 132 Å². The summed E-state index contributed by atoms with van der Waals surface area (Å²) < 4.78 is 1.19. The van der Waals surface area contributed by atoms with Crippen molar-refractivity contribution in [3.8, 4) is 0 Å². The molecular weight excluding hydrogens is 365 g/mol. The fourth-order valence-electron chi connectivity index (χ4n) is 3.28. The van der Waals surface area contributed by atoms with Crippen LogP contribution in [0, 0.1) is 3.57 Å². The maximum absolute atomic E-state index is 12.3. The summed E-state index contributed by atoms with van der Waals surface area (Å²) in [5.41, 5.74) is 3.04. The highest BCUT2D eigenvalue weighted by atomic mass is 127. The number of fused-ring (bicyclic) bond motifs is 2. The molecule has 0 radical (unpaired) electrons. The van der Waals surface area contributed by atoms with Crippen molar-refractivity contribution in [3.63, 3.8) is 0 Å². The number of carbonyl (C=O) groups is 1. The Morgan fingerprint density at radius 2 is 2.10 bits per heavy atom. The number of aliphatic hydroxyl groups is 1. The molecule has 0 aliphatic carbocycles. The monoisotopic (exact) mass is 383 g/mol. The van der Waals surface area contributed by atoms with E-state index in [0.29, 0.717) is 6.42 Å². The van der Waals surface area contributed by atoms with Crippen molar-refractivity contribution < 1.29 is 9.90 Å². The van der Waals surface area contributed by atoms with Gasteiger partial charge >= 0.3 is 0 Å². The van der Waals surface area contributed by atoms with Crippen molar-refractivity contribution in [1.29, 1.82) is 0 Å². The van der Waals surface area contributed by atoms with Gasteiger partial charge in [-0.25, -0.2) is 0 Å². The average molecular weight is 383 g/mol. The molecule has 0 spiro atoms. The van der Waals surface area contributed by atoms with Crippen LogP contribution in [-0.2, 0) is 4.79 Å². The van der Waals surface area contributed by atoms with Crippen LogP contribution in [0.5, 0.6) is 0 Å². The Balaban J connectivity index is 2.09. The van der Waals surface area contributed by atoms with Gasteiger partial charge in [0, 0.05) is 21.6 Å². The highest BCUT2D eigenvalue weighted by Crippen LogP contribution is 2.38. The van der Waals surface area contributed by atoms with E-state index in [2.05, 4.69) is 52.2 Å². The summed E-state index contributed by atoms with van der Waals surface area (Å²) in [6, 6.07) is 8.40. The standard InChI is InChI=1S/C16H18INO2/c1-2-13(19)15-12(9-3-5-10(17)6-4-9)7-11-8-14(20)16(15)18-11/h3-6,11,14,16,18,20H,2,7-8H2,1H3/t11?,14?,16-/m1/s1. The molecule has 4 heteroatoms. The van der Waals surface area contributed by atoms with E-state index in [1.54, 1.807) is 0 Å². The van der Waals surface area contributed by atoms with Crippen LogP contribution in [0.25, 0.3) is 5.57 Å². The molecule has 1 aromatic rings. The number of ketones is 1. The Bertz CT molecular complexity index is 564. The number of Topliss-reactive ketones (excluding diaryl/α,β-unsaturated/α-hetero) is 1. The maximum atomic E-state index is 12.3. The fraction of sp³-hybridized carbons (Fsp3) is 0.438. The van der Waals surface area contributed by atoms with Gasteiger partial charge in [-0.15, -0.1) is 0 Å². The van der Waals surface area contributed by atoms with Crippen molar-refractivity contribution in [1.82, 2.24) is 5.32 Å². The van der Waals surface area contributed by atoms with Crippen LogP contribution >= 0.6 is 22.6 Å². The Morgan fingerprint density at radius 1 is 1.40 bits per heavy atom. The first kappa shape index (κ1) is 14.2. The first-order valence-corrected chi connectivity index (χ1v) is 8.14. The zero-order valence-electron chi connectivity index (χ0n) is 11.4. The van der Waals surface area contributed by atoms with Crippen LogP contribution < -0.4 is 5.32 Å². The first-order valence-electron chi connectivity index (χ1n) is 7.06. The smallest absolute Gasteiger partial charge is 0.160 e. The molecule has 2 aliphatic rings. The Morgan fingerprint density at radius 3 is 2.75 bits per heavy atom. The van der Waals surface area contributed by atoms with Crippen LogP contribution in [0.15, 0.2) is 29.8 Å². The number of benzene rings is 1. The zero-order chi connectivity index (χ0) is 14.3. The Hall–Kier alpha value is -0.720. The lowest BCUT2D eigenvalue weighted by atomic mass is 9.86. The third-order valence-electron chi connectivity index (χ3n) is 4.23. The molecule has 3 nitrogen and oxygen atoms in total. The molecule has 1 fully saturated rings. The summed E-state index contributed by atoms with van der Waals surface area (Å²) >= 11 is 2.28. The van der Waals surface area contributed by atoms with Gasteiger partial charge in [0.2, 0.25) is 0 Å². The van der Waals surface area contributed by atoms with E-state index in [4.69, 9.17) is 0 Å². The third-order valence-corrected chi connectivity index (χ3v) is 4.95. The normalized spacial score (nSPS) is 28.9. The minimum absolute atomic E-state index is 0.149. The van der Waals surface area contributed by atoms with Gasteiger partial charge in [0.25, 0.3) is 0 Å². The number of rotatable bonds is 3. The summed E-state index contributed by atoms with van der Waals surface area (Å²) in [7, 11) is 0. The van der Waals surface area contributed by atoms with Crippen molar-refractivity contribution in [2.75, 3.05) is 0 Å². The van der Waals surface area contributed by atoms with E-state index in [9.17, 15) is 9.90 Å². The average Bonchev–Trinajstić information content (AvgIpc) is 2.74. The van der Waals surface area contributed by atoms with E-state index in [1.807, 2.05) is 6.92 Å². The van der Waals surface area contributed by atoms with Gasteiger partial charge in [0.1, 0.15) is 0 Å². The molecule has 0 aromatic heterocycles. The third kappa shape index (κ3) is 2.44. The van der Waals surface area contributed by atoms with Gasteiger partial charge in [-0.1, -0.05) is 19.1 Å². The largest absolute Gasteiger partial charge is 0.391 e. The molecular formula is C16H18INO2. The lowest BCUT2D eigenvalue weighted by Gasteiger charge is -2.28. The van der Waals surface area contributed by atoms with Crippen molar-refractivity contribution >= 4 is 33.9 Å². The molecule has 106 valence electrons. The summed E-state index contributed by atoms with van der Waals surface area (Å²) in [6.07, 6.45) is 1.61. The second-order valence-corrected chi connectivity index (χ2v) is 6.77. The molecule has 0 amide bonds. The number of halogens is 1. The summed E-state index contributed by atoms with van der Waals surface area (Å²) in [4.78, 5) is 12.3. The molecule has 2 N–H and O–H groups in total. The van der Waals surface area contributed by atoms with Gasteiger partial charge in [0.15, 0.2) is 5.78 Å². The van der Waals surface area contributed by atoms with Gasteiger partial charge in [-0.05, 0) is 58.7 Å². The van der Waals surface area contributed by atoms with E-state index in [0.717, 1.165) is 29.6 Å². The topological polar surface area (TPSA) is 49.3 Å². The molecule has 2 heterocycles. The lowest BCUT2D eigenvalue weighted by Crippen LogP contribution is -2.41. The molecule has 0 saturated carbocycles. The van der Waals surface area contributed by atoms with Crippen LogP contribution in [-0.4, -0.2) is 29.1 Å². The quantitative estimate of drug-likeness (QED) is 0.789. The number of carbonyl (C=O) groups excluding carboxylic acids is 1. The van der Waals surface area contributed by atoms with E-state index >= 15 is 0 Å². The summed E-state index contributed by atoms with van der Waals surface area (Å²) in [6.45, 7) is 1.88. The zero-order valence-corrected chi connectivity index (χ0v) is 13.6. The first-order chi connectivity index (χ1) is 9.60. The molecule has 2 unspecified atom stereocenters. The molecule has 2 bridgehead atoms. The molecule has 20 heavy (non-hydrogen) atoms. The van der Waals surface area contributed by atoms with Crippen molar-refractivity contribution in [3.05, 3.63) is 39.0 Å². The van der Waals surface area contributed by atoms with E-state index in [1.165, 1.54) is 3.57 Å². The lowest BCUT2D eigenvalue weighted by molar-refractivity contribution is -0.115. The number of hydrogen-bond acceptors (Lipinski definition) is 3. The number of nitrogens with one attached hydrogen (secondary N) is 1. The summed E-state index contributed by atoms with van der Waals surface area (Å²) in [5, 5.41) is 13.6. The van der Waals surface area contributed by atoms with Crippen molar-refractivity contribution in [2.45, 2.75) is 44.4 Å². The molecule has 2 aliphatic heterocycles. The number of hydrogen-bond donors (Lipinski definition) is 2. The highest BCUT2D eigenvalue weighted by molar-refractivity contribution is 14.1. The van der Waals surface area contributed by atoms with Gasteiger partial charge < -0.3 is 10.4 Å². The van der Waals surface area contributed by atoms with Gasteiger partial charge in [-0.2, -0.15) is 0 Å². The minimum Gasteiger partial charge on any atom is -0.391 e. The van der Waals surface area contributed by atoms with E-state index < -0.39 is 6.10 Å². The predicted octanol–water partition coefficient (Wildman–Crippen LogP) is 2.52.